The van der Waals surface area contributed by atoms with Crippen LogP contribution in [0.2, 0.25) is 0 Å². The Hall–Kier alpha value is -1.13. The van der Waals surface area contributed by atoms with E-state index in [9.17, 15) is 0 Å². The molecule has 2 heterocycles. The van der Waals surface area contributed by atoms with Gasteiger partial charge in [0.25, 0.3) is 0 Å². The van der Waals surface area contributed by atoms with E-state index in [0.29, 0.717) is 5.69 Å². The van der Waals surface area contributed by atoms with Gasteiger partial charge in [0.15, 0.2) is 0 Å². The molecule has 0 aliphatic rings. The fourth-order valence-electron chi connectivity index (χ4n) is 1.65. The third-order valence-corrected chi connectivity index (χ3v) is 4.22. The first-order valence-corrected chi connectivity index (χ1v) is 6.16. The van der Waals surface area contributed by atoms with Crippen LogP contribution in [-0.2, 0) is 0 Å². The van der Waals surface area contributed by atoms with E-state index in [1.54, 1.807) is 11.3 Å². The second kappa shape index (κ2) is 3.18. The minimum absolute atomic E-state index is 0.556. The van der Waals surface area contributed by atoms with Crippen LogP contribution >= 0.6 is 33.9 Å². The molecule has 0 radical (unpaired) electrons. The van der Waals surface area contributed by atoms with E-state index >= 15 is 0 Å². The first kappa shape index (κ1) is 9.12. The van der Waals surface area contributed by atoms with Crippen LogP contribution in [0.4, 0.5) is 0 Å². The van der Waals surface area contributed by atoms with Crippen molar-refractivity contribution < 1.29 is 0 Å². The van der Waals surface area contributed by atoms with Gasteiger partial charge in [0.1, 0.15) is 16.6 Å². The van der Waals surface area contributed by atoms with E-state index in [2.05, 4.69) is 44.9 Å². The van der Waals surface area contributed by atoms with Gasteiger partial charge in [-0.25, -0.2) is 0 Å². The van der Waals surface area contributed by atoms with Crippen LogP contribution in [0.5, 0.6) is 0 Å². The Morgan fingerprint density at radius 2 is 2.27 bits per heavy atom. The molecule has 1 aromatic carbocycles. The molecule has 3 nitrogen and oxygen atoms in total. The van der Waals surface area contributed by atoms with Gasteiger partial charge >= 0.3 is 0 Å². The predicted octanol–water partition coefficient (Wildman–Crippen LogP) is 3.25. The van der Waals surface area contributed by atoms with Crippen molar-refractivity contribution >= 4 is 54.2 Å². The molecule has 0 amide bonds. The number of nitriles is 1. The number of aromatic nitrogens is 2. The molecular weight excluding hydrogens is 321 g/mol. The van der Waals surface area contributed by atoms with Crippen LogP contribution in [0.3, 0.4) is 0 Å². The van der Waals surface area contributed by atoms with Gasteiger partial charge in [0.05, 0.1) is 5.39 Å². The lowest BCUT2D eigenvalue weighted by atomic mass is 10.2. The third-order valence-electron chi connectivity index (χ3n) is 2.28. The summed E-state index contributed by atoms with van der Waals surface area (Å²) in [4.78, 5) is 0.908. The van der Waals surface area contributed by atoms with E-state index in [4.69, 9.17) is 5.26 Å². The summed E-state index contributed by atoms with van der Waals surface area (Å²) in [5, 5.41) is 18.0. The van der Waals surface area contributed by atoms with Gasteiger partial charge in [0, 0.05) is 13.7 Å². The standard InChI is InChI=1S/C10H4IN3S/c11-5-2-1-3-7-8(5)9-6(4-12)13-14-10(9)15-7/h1-3H,(H,13,14). The van der Waals surface area contributed by atoms with Gasteiger partial charge < -0.3 is 0 Å². The minimum atomic E-state index is 0.556. The highest BCUT2D eigenvalue weighted by Gasteiger charge is 2.14. The number of H-pyrrole nitrogens is 1. The van der Waals surface area contributed by atoms with Crippen molar-refractivity contribution in [2.45, 2.75) is 0 Å². The lowest BCUT2D eigenvalue weighted by molar-refractivity contribution is 1.10. The Labute approximate surface area is 103 Å². The maximum atomic E-state index is 8.97. The maximum Gasteiger partial charge on any atom is 0.147 e. The summed E-state index contributed by atoms with van der Waals surface area (Å²) in [5.41, 5.74) is 0.556. The van der Waals surface area contributed by atoms with Crippen molar-refractivity contribution in [1.82, 2.24) is 10.2 Å². The van der Waals surface area contributed by atoms with E-state index < -0.39 is 0 Å². The van der Waals surface area contributed by atoms with E-state index in [1.165, 1.54) is 4.70 Å². The summed E-state index contributed by atoms with van der Waals surface area (Å²) in [5.74, 6) is 0. The van der Waals surface area contributed by atoms with Crippen LogP contribution < -0.4 is 0 Å². The Morgan fingerprint density at radius 3 is 3.07 bits per heavy atom. The topological polar surface area (TPSA) is 52.5 Å². The summed E-state index contributed by atoms with van der Waals surface area (Å²) in [6, 6.07) is 8.27. The third kappa shape index (κ3) is 1.18. The zero-order valence-corrected chi connectivity index (χ0v) is 10.4. The summed E-state index contributed by atoms with van der Waals surface area (Å²) in [7, 11) is 0. The average Bonchev–Trinajstić information content (AvgIpc) is 2.75. The number of rotatable bonds is 0. The molecule has 2 aromatic heterocycles. The molecule has 5 heteroatoms. The lowest BCUT2D eigenvalue weighted by Crippen LogP contribution is -1.76. The van der Waals surface area contributed by atoms with E-state index in [1.807, 2.05) is 12.1 Å². The number of hydrogen-bond acceptors (Lipinski definition) is 3. The number of thiophene rings is 1. The van der Waals surface area contributed by atoms with Gasteiger partial charge in [-0.05, 0) is 34.7 Å². The number of fused-ring (bicyclic) bond motifs is 3. The predicted molar refractivity (Wildman–Crippen MR) is 68.9 cm³/mol. The maximum absolute atomic E-state index is 8.97. The lowest BCUT2D eigenvalue weighted by Gasteiger charge is -1.93. The van der Waals surface area contributed by atoms with E-state index in [-0.39, 0.29) is 0 Å². The first-order valence-electron chi connectivity index (χ1n) is 4.26. The largest absolute Gasteiger partial charge is 0.266 e. The first-order chi connectivity index (χ1) is 7.31. The van der Waals surface area contributed by atoms with Crippen molar-refractivity contribution in [2.24, 2.45) is 0 Å². The van der Waals surface area contributed by atoms with Gasteiger partial charge in [-0.2, -0.15) is 10.4 Å². The van der Waals surface area contributed by atoms with Crippen molar-refractivity contribution in [3.05, 3.63) is 27.5 Å². The van der Waals surface area contributed by atoms with Crippen molar-refractivity contribution in [2.75, 3.05) is 0 Å². The SMILES string of the molecule is N#Cc1[nH]nc2sc3cccc(I)c3c12. The average molecular weight is 325 g/mol. The summed E-state index contributed by atoms with van der Waals surface area (Å²) < 4.78 is 2.35. The molecular formula is C10H4IN3S. The van der Waals surface area contributed by atoms with Gasteiger partial charge in [-0.15, -0.1) is 11.3 Å². The Morgan fingerprint density at radius 1 is 1.40 bits per heavy atom. The number of hydrogen-bond donors (Lipinski definition) is 1. The van der Waals surface area contributed by atoms with Crippen molar-refractivity contribution in [3.63, 3.8) is 0 Å². The fourth-order valence-corrected chi connectivity index (χ4v) is 3.67. The molecule has 0 aliphatic carbocycles. The molecule has 0 aliphatic heterocycles. The molecule has 0 bridgehead atoms. The second-order valence-corrected chi connectivity index (χ2v) is 5.30. The molecule has 3 aromatic rings. The van der Waals surface area contributed by atoms with Crippen LogP contribution in [0, 0.1) is 14.9 Å². The van der Waals surface area contributed by atoms with Crippen LogP contribution in [0.15, 0.2) is 18.2 Å². The number of nitrogens with zero attached hydrogens (tertiary/aromatic N) is 2. The molecule has 0 atom stereocenters. The molecule has 72 valence electrons. The quantitative estimate of drug-likeness (QED) is 0.645. The second-order valence-electron chi connectivity index (χ2n) is 3.11. The highest BCUT2D eigenvalue weighted by atomic mass is 127. The molecule has 0 unspecified atom stereocenters. The number of benzene rings is 1. The summed E-state index contributed by atoms with van der Waals surface area (Å²) in [6.45, 7) is 0. The molecule has 0 saturated carbocycles. The fraction of sp³-hybridized carbons (Fsp3) is 0. The zero-order chi connectivity index (χ0) is 10.4. The number of halogens is 1. The van der Waals surface area contributed by atoms with Crippen LogP contribution in [0.1, 0.15) is 5.69 Å². The van der Waals surface area contributed by atoms with Crippen LogP contribution in [0.25, 0.3) is 20.3 Å². The summed E-state index contributed by atoms with van der Waals surface area (Å²) in [6.07, 6.45) is 0. The Balaban J connectivity index is 2.65. The Kier molecular flexibility index (Phi) is 1.94. The van der Waals surface area contributed by atoms with Crippen LogP contribution in [-0.4, -0.2) is 10.2 Å². The smallest absolute Gasteiger partial charge is 0.147 e. The normalized spacial score (nSPS) is 10.9. The highest BCUT2D eigenvalue weighted by Crippen LogP contribution is 2.36. The Bertz CT molecular complexity index is 704. The molecule has 0 fully saturated rings. The minimum Gasteiger partial charge on any atom is -0.266 e. The molecule has 0 saturated heterocycles. The molecule has 3 rings (SSSR count). The van der Waals surface area contributed by atoms with Gasteiger partial charge in [0.2, 0.25) is 0 Å². The summed E-state index contributed by atoms with van der Waals surface area (Å²) >= 11 is 3.90. The van der Waals surface area contributed by atoms with E-state index in [0.717, 1.165) is 19.2 Å². The van der Waals surface area contributed by atoms with Crippen molar-refractivity contribution in [3.8, 4) is 6.07 Å². The number of nitrogens with one attached hydrogen (secondary N) is 1. The van der Waals surface area contributed by atoms with Gasteiger partial charge in [-0.1, -0.05) is 6.07 Å². The van der Waals surface area contributed by atoms with Gasteiger partial charge in [-0.3, -0.25) is 5.10 Å². The number of aromatic amines is 1. The molecule has 15 heavy (non-hydrogen) atoms. The van der Waals surface area contributed by atoms with Crippen molar-refractivity contribution in [1.29, 1.82) is 5.26 Å². The zero-order valence-electron chi connectivity index (χ0n) is 7.41. The molecule has 1 N–H and O–H groups in total. The molecule has 0 spiro atoms. The highest BCUT2D eigenvalue weighted by molar-refractivity contribution is 14.1. The monoisotopic (exact) mass is 325 g/mol.